The molecule has 0 bridgehead atoms. The lowest BCUT2D eigenvalue weighted by Gasteiger charge is -2.24. The molecule has 0 spiro atoms. The Morgan fingerprint density at radius 2 is 1.68 bits per heavy atom. The molecular formula is C24H22BrClN2O5S. The fourth-order valence-electron chi connectivity index (χ4n) is 3.04. The van der Waals surface area contributed by atoms with Gasteiger partial charge in [-0.25, -0.2) is 13.2 Å². The summed E-state index contributed by atoms with van der Waals surface area (Å²) < 4.78 is 33.6. The van der Waals surface area contributed by atoms with Crippen LogP contribution in [0, 0.1) is 6.92 Å². The van der Waals surface area contributed by atoms with Crippen LogP contribution in [0.4, 0.5) is 11.4 Å². The maximum atomic E-state index is 13.4. The molecule has 0 unspecified atom stereocenters. The number of hydrogen-bond acceptors (Lipinski definition) is 5. The van der Waals surface area contributed by atoms with E-state index in [2.05, 4.69) is 21.2 Å². The SMILES string of the molecule is CCOC(=O)c1ccc(NC(=O)CN(c2ccc(Br)cc2)S(=O)(=O)c2ccc(C)cc2)c(Cl)c1. The zero-order chi connectivity index (χ0) is 24.9. The minimum absolute atomic E-state index is 0.0608. The number of nitrogens with one attached hydrogen (secondary N) is 1. The van der Waals surface area contributed by atoms with E-state index in [0.29, 0.717) is 5.69 Å². The van der Waals surface area contributed by atoms with Crippen molar-refractivity contribution in [1.82, 2.24) is 0 Å². The van der Waals surface area contributed by atoms with Crippen LogP contribution in [-0.2, 0) is 19.6 Å². The van der Waals surface area contributed by atoms with Crippen LogP contribution < -0.4 is 9.62 Å². The predicted molar refractivity (Wildman–Crippen MR) is 136 cm³/mol. The summed E-state index contributed by atoms with van der Waals surface area (Å²) in [7, 11) is -4.04. The molecule has 0 heterocycles. The van der Waals surface area contributed by atoms with Crippen LogP contribution in [0.2, 0.25) is 5.02 Å². The molecule has 178 valence electrons. The van der Waals surface area contributed by atoms with Gasteiger partial charge in [0, 0.05) is 4.47 Å². The second-order valence-corrected chi connectivity index (χ2v) is 10.4. The Morgan fingerprint density at radius 1 is 1.03 bits per heavy atom. The van der Waals surface area contributed by atoms with Crippen molar-refractivity contribution < 1.29 is 22.7 Å². The van der Waals surface area contributed by atoms with Crippen molar-refractivity contribution in [2.24, 2.45) is 0 Å². The van der Waals surface area contributed by atoms with Gasteiger partial charge < -0.3 is 10.1 Å². The Hall–Kier alpha value is -2.88. The topological polar surface area (TPSA) is 92.8 Å². The van der Waals surface area contributed by atoms with Gasteiger partial charge in [-0.3, -0.25) is 9.10 Å². The summed E-state index contributed by atoms with van der Waals surface area (Å²) >= 11 is 9.56. The van der Waals surface area contributed by atoms with E-state index in [9.17, 15) is 18.0 Å². The summed E-state index contributed by atoms with van der Waals surface area (Å²) in [5.41, 5.74) is 1.71. The van der Waals surface area contributed by atoms with Crippen molar-refractivity contribution in [3.05, 3.63) is 87.4 Å². The van der Waals surface area contributed by atoms with Gasteiger partial charge in [0.2, 0.25) is 5.91 Å². The Labute approximate surface area is 211 Å². The molecule has 3 rings (SSSR count). The third kappa shape index (κ3) is 6.16. The minimum Gasteiger partial charge on any atom is -0.462 e. The molecular weight excluding hydrogens is 544 g/mol. The summed E-state index contributed by atoms with van der Waals surface area (Å²) in [4.78, 5) is 24.8. The maximum Gasteiger partial charge on any atom is 0.338 e. The van der Waals surface area contributed by atoms with Crippen LogP contribution >= 0.6 is 27.5 Å². The molecule has 1 N–H and O–H groups in total. The van der Waals surface area contributed by atoms with E-state index in [-0.39, 0.29) is 27.8 Å². The fraction of sp³-hybridized carbons (Fsp3) is 0.167. The molecule has 10 heteroatoms. The van der Waals surface area contributed by atoms with E-state index < -0.39 is 28.4 Å². The number of halogens is 2. The second kappa shape index (κ2) is 11.0. The standard InChI is InChI=1S/C24H22BrClN2O5S/c1-3-33-24(30)17-6-13-22(21(26)14-17)27-23(29)15-28(19-9-7-18(25)8-10-19)34(31,32)20-11-4-16(2)5-12-20/h4-14H,3,15H2,1-2H3,(H,27,29). The predicted octanol–water partition coefficient (Wildman–Crippen LogP) is 5.42. The molecule has 0 saturated carbocycles. The number of aryl methyl sites for hydroxylation is 1. The zero-order valence-corrected chi connectivity index (χ0v) is 21.6. The van der Waals surface area contributed by atoms with Crippen LogP contribution in [-0.4, -0.2) is 33.4 Å². The molecule has 0 fully saturated rings. The first kappa shape index (κ1) is 25.7. The van der Waals surface area contributed by atoms with Gasteiger partial charge in [0.25, 0.3) is 10.0 Å². The Morgan fingerprint density at radius 3 is 2.26 bits per heavy atom. The van der Waals surface area contributed by atoms with E-state index in [1.807, 2.05) is 6.92 Å². The van der Waals surface area contributed by atoms with E-state index in [1.165, 1.54) is 30.3 Å². The van der Waals surface area contributed by atoms with E-state index in [4.69, 9.17) is 16.3 Å². The molecule has 0 radical (unpaired) electrons. The van der Waals surface area contributed by atoms with Crippen LogP contribution in [0.15, 0.2) is 76.1 Å². The molecule has 0 saturated heterocycles. The van der Waals surface area contributed by atoms with Crippen molar-refractivity contribution >= 4 is 60.8 Å². The van der Waals surface area contributed by atoms with Crippen molar-refractivity contribution in [3.8, 4) is 0 Å². The number of amides is 1. The zero-order valence-electron chi connectivity index (χ0n) is 18.4. The van der Waals surface area contributed by atoms with Crippen LogP contribution in [0.1, 0.15) is 22.8 Å². The number of esters is 1. The normalized spacial score (nSPS) is 11.1. The maximum absolute atomic E-state index is 13.4. The van der Waals surface area contributed by atoms with Crippen molar-refractivity contribution in [2.45, 2.75) is 18.7 Å². The summed E-state index contributed by atoms with van der Waals surface area (Å²) in [6.45, 7) is 3.27. The number of benzene rings is 3. The highest BCUT2D eigenvalue weighted by Gasteiger charge is 2.27. The van der Waals surface area contributed by atoms with Crippen LogP contribution in [0.25, 0.3) is 0 Å². The molecule has 0 aliphatic heterocycles. The summed E-state index contributed by atoms with van der Waals surface area (Å²) in [5, 5.41) is 2.74. The Bertz CT molecular complexity index is 1300. The number of nitrogens with zero attached hydrogens (tertiary/aromatic N) is 1. The van der Waals surface area contributed by atoms with Gasteiger partial charge >= 0.3 is 5.97 Å². The molecule has 1 amide bonds. The van der Waals surface area contributed by atoms with Crippen molar-refractivity contribution in [2.75, 3.05) is 22.8 Å². The van der Waals surface area contributed by atoms with Gasteiger partial charge in [0.1, 0.15) is 6.54 Å². The monoisotopic (exact) mass is 564 g/mol. The van der Waals surface area contributed by atoms with Crippen LogP contribution in [0.5, 0.6) is 0 Å². The molecule has 3 aromatic carbocycles. The molecule has 3 aromatic rings. The lowest BCUT2D eigenvalue weighted by atomic mass is 10.2. The number of carbonyl (C=O) groups excluding carboxylic acids is 2. The van der Waals surface area contributed by atoms with Gasteiger partial charge in [-0.15, -0.1) is 0 Å². The highest BCUT2D eigenvalue weighted by molar-refractivity contribution is 9.10. The minimum atomic E-state index is -4.04. The first-order valence-electron chi connectivity index (χ1n) is 10.2. The Balaban J connectivity index is 1.88. The molecule has 0 atom stereocenters. The third-order valence-corrected chi connectivity index (χ3v) is 7.39. The highest BCUT2D eigenvalue weighted by atomic mass is 79.9. The molecule has 0 aromatic heterocycles. The number of rotatable bonds is 8. The first-order valence-corrected chi connectivity index (χ1v) is 12.8. The highest BCUT2D eigenvalue weighted by Crippen LogP contribution is 2.27. The number of sulfonamides is 1. The average molecular weight is 566 g/mol. The number of hydrogen-bond donors (Lipinski definition) is 1. The lowest BCUT2D eigenvalue weighted by molar-refractivity contribution is -0.114. The molecule has 34 heavy (non-hydrogen) atoms. The molecule has 0 aliphatic carbocycles. The largest absolute Gasteiger partial charge is 0.462 e. The number of carbonyl (C=O) groups is 2. The van der Waals surface area contributed by atoms with Gasteiger partial charge in [-0.05, 0) is 68.4 Å². The van der Waals surface area contributed by atoms with Crippen molar-refractivity contribution in [1.29, 1.82) is 0 Å². The van der Waals surface area contributed by atoms with Gasteiger partial charge in [0.15, 0.2) is 0 Å². The van der Waals surface area contributed by atoms with E-state index >= 15 is 0 Å². The van der Waals surface area contributed by atoms with Gasteiger partial charge in [0.05, 0.1) is 33.5 Å². The third-order valence-electron chi connectivity index (χ3n) is 4.77. The molecule has 0 aliphatic rings. The van der Waals surface area contributed by atoms with Crippen LogP contribution in [0.3, 0.4) is 0 Å². The average Bonchev–Trinajstić information content (AvgIpc) is 2.80. The summed E-state index contributed by atoms with van der Waals surface area (Å²) in [5.74, 6) is -1.14. The van der Waals surface area contributed by atoms with Gasteiger partial charge in [-0.1, -0.05) is 45.2 Å². The quantitative estimate of drug-likeness (QED) is 0.368. The Kier molecular flexibility index (Phi) is 8.35. The van der Waals surface area contributed by atoms with E-state index in [1.54, 1.807) is 43.3 Å². The summed E-state index contributed by atoms with van der Waals surface area (Å²) in [6.07, 6.45) is 0. The van der Waals surface area contributed by atoms with Crippen molar-refractivity contribution in [3.63, 3.8) is 0 Å². The molecule has 7 nitrogen and oxygen atoms in total. The summed E-state index contributed by atoms with van der Waals surface area (Å²) in [6, 6.07) is 17.3. The second-order valence-electron chi connectivity index (χ2n) is 7.26. The smallest absolute Gasteiger partial charge is 0.338 e. The van der Waals surface area contributed by atoms with E-state index in [0.717, 1.165) is 14.3 Å². The first-order chi connectivity index (χ1) is 16.1. The number of ether oxygens (including phenoxy) is 1. The number of anilines is 2. The fourth-order valence-corrected chi connectivity index (χ4v) is 4.95. The lowest BCUT2D eigenvalue weighted by Crippen LogP contribution is -2.38. The van der Waals surface area contributed by atoms with Gasteiger partial charge in [-0.2, -0.15) is 0 Å².